The van der Waals surface area contributed by atoms with Gasteiger partial charge < -0.3 is 19.8 Å². The molecule has 0 spiro atoms. The van der Waals surface area contributed by atoms with Crippen molar-refractivity contribution in [3.05, 3.63) is 53.3 Å². The first-order valence-electron chi connectivity index (χ1n) is 8.15. The predicted octanol–water partition coefficient (Wildman–Crippen LogP) is 4.27. The fourth-order valence-electron chi connectivity index (χ4n) is 2.76. The van der Waals surface area contributed by atoms with E-state index in [2.05, 4.69) is 10.6 Å². The van der Waals surface area contributed by atoms with Gasteiger partial charge in [0, 0.05) is 29.2 Å². The molecule has 26 heavy (non-hydrogen) atoms. The van der Waals surface area contributed by atoms with E-state index in [9.17, 15) is 9.59 Å². The highest BCUT2D eigenvalue weighted by Gasteiger charge is 2.19. The first kappa shape index (κ1) is 17.5. The standard InChI is InChI=1S/C20H20N2O4/c1-11-5-6-14(21-13(3)23)9-17(11)22-20(24)19-12(2)16-10-15(25-4)7-8-18(16)26-19/h5-10H,1-4H3,(H,21,23)(H,22,24). The molecule has 0 aliphatic carbocycles. The summed E-state index contributed by atoms with van der Waals surface area (Å²) < 4.78 is 11.0. The maximum Gasteiger partial charge on any atom is 0.291 e. The number of carbonyl (C=O) groups is 2. The van der Waals surface area contributed by atoms with Crippen LogP contribution in [0.15, 0.2) is 40.8 Å². The van der Waals surface area contributed by atoms with Gasteiger partial charge in [-0.25, -0.2) is 0 Å². The van der Waals surface area contributed by atoms with E-state index >= 15 is 0 Å². The van der Waals surface area contributed by atoms with Gasteiger partial charge in [0.15, 0.2) is 5.76 Å². The lowest BCUT2D eigenvalue weighted by atomic mass is 10.1. The summed E-state index contributed by atoms with van der Waals surface area (Å²) in [6.45, 7) is 5.15. The molecule has 1 aromatic heterocycles. The van der Waals surface area contributed by atoms with Crippen LogP contribution >= 0.6 is 0 Å². The third-order valence-electron chi connectivity index (χ3n) is 4.16. The Hall–Kier alpha value is -3.28. The second-order valence-electron chi connectivity index (χ2n) is 6.08. The normalized spacial score (nSPS) is 10.6. The van der Waals surface area contributed by atoms with Gasteiger partial charge in [-0.1, -0.05) is 6.07 Å². The van der Waals surface area contributed by atoms with Crippen LogP contribution in [0.3, 0.4) is 0 Å². The maximum absolute atomic E-state index is 12.7. The summed E-state index contributed by atoms with van der Waals surface area (Å²) in [4.78, 5) is 23.9. The third-order valence-corrected chi connectivity index (χ3v) is 4.16. The third kappa shape index (κ3) is 3.39. The lowest BCUT2D eigenvalue weighted by molar-refractivity contribution is -0.114. The minimum atomic E-state index is -0.347. The largest absolute Gasteiger partial charge is 0.497 e. The smallest absolute Gasteiger partial charge is 0.291 e. The number of rotatable bonds is 4. The number of hydrogen-bond donors (Lipinski definition) is 2. The molecule has 0 aliphatic heterocycles. The molecule has 0 saturated heterocycles. The zero-order chi connectivity index (χ0) is 18.8. The van der Waals surface area contributed by atoms with Crippen LogP contribution in [0, 0.1) is 13.8 Å². The molecule has 0 radical (unpaired) electrons. The minimum absolute atomic E-state index is 0.173. The van der Waals surface area contributed by atoms with Gasteiger partial charge in [-0.15, -0.1) is 0 Å². The Kier molecular flexibility index (Phi) is 4.67. The highest BCUT2D eigenvalue weighted by molar-refractivity contribution is 6.07. The number of furan rings is 1. The number of nitrogens with one attached hydrogen (secondary N) is 2. The molecule has 2 aromatic carbocycles. The summed E-state index contributed by atoms with van der Waals surface area (Å²) in [6.07, 6.45) is 0. The number of methoxy groups -OCH3 is 1. The van der Waals surface area contributed by atoms with E-state index in [0.29, 0.717) is 22.7 Å². The first-order chi connectivity index (χ1) is 12.4. The molecular formula is C20H20N2O4. The second kappa shape index (κ2) is 6.92. The molecule has 3 aromatic rings. The maximum atomic E-state index is 12.7. The van der Waals surface area contributed by atoms with Crippen molar-refractivity contribution < 1.29 is 18.7 Å². The summed E-state index contributed by atoms with van der Waals surface area (Å²) >= 11 is 0. The van der Waals surface area contributed by atoms with Crippen LogP contribution in [-0.4, -0.2) is 18.9 Å². The molecule has 0 aliphatic rings. The van der Waals surface area contributed by atoms with Crippen molar-refractivity contribution in [3.8, 4) is 5.75 Å². The first-order valence-corrected chi connectivity index (χ1v) is 8.15. The molecule has 2 amide bonds. The van der Waals surface area contributed by atoms with Crippen molar-refractivity contribution in [3.63, 3.8) is 0 Å². The zero-order valence-electron chi connectivity index (χ0n) is 15.1. The van der Waals surface area contributed by atoms with Crippen molar-refractivity contribution in [1.82, 2.24) is 0 Å². The van der Waals surface area contributed by atoms with Gasteiger partial charge >= 0.3 is 0 Å². The minimum Gasteiger partial charge on any atom is -0.497 e. The highest BCUT2D eigenvalue weighted by atomic mass is 16.5. The molecule has 6 heteroatoms. The molecule has 2 N–H and O–H groups in total. The van der Waals surface area contributed by atoms with Gasteiger partial charge in [-0.2, -0.15) is 0 Å². The molecule has 0 saturated carbocycles. The predicted molar refractivity (Wildman–Crippen MR) is 101 cm³/mol. The lowest BCUT2D eigenvalue weighted by Gasteiger charge is -2.10. The van der Waals surface area contributed by atoms with Crippen molar-refractivity contribution in [2.45, 2.75) is 20.8 Å². The van der Waals surface area contributed by atoms with Crippen LogP contribution in [0.25, 0.3) is 11.0 Å². The molecule has 0 unspecified atom stereocenters. The number of anilines is 2. The van der Waals surface area contributed by atoms with Crippen LogP contribution in [0.2, 0.25) is 0 Å². The van der Waals surface area contributed by atoms with Crippen molar-refractivity contribution >= 4 is 34.2 Å². The van der Waals surface area contributed by atoms with Gasteiger partial charge in [-0.3, -0.25) is 9.59 Å². The molecular weight excluding hydrogens is 332 g/mol. The van der Waals surface area contributed by atoms with E-state index in [-0.39, 0.29) is 17.6 Å². The fraction of sp³-hybridized carbons (Fsp3) is 0.200. The second-order valence-corrected chi connectivity index (χ2v) is 6.08. The number of ether oxygens (including phenoxy) is 1. The van der Waals surface area contributed by atoms with Gasteiger partial charge in [0.2, 0.25) is 5.91 Å². The van der Waals surface area contributed by atoms with Gasteiger partial charge in [-0.05, 0) is 49.7 Å². The molecule has 3 rings (SSSR count). The van der Waals surface area contributed by atoms with E-state index < -0.39 is 0 Å². The lowest BCUT2D eigenvalue weighted by Crippen LogP contribution is -2.14. The molecule has 6 nitrogen and oxygen atoms in total. The van der Waals surface area contributed by atoms with Crippen LogP contribution < -0.4 is 15.4 Å². The number of carbonyl (C=O) groups excluding carboxylic acids is 2. The van der Waals surface area contributed by atoms with Crippen molar-refractivity contribution in [1.29, 1.82) is 0 Å². The van der Waals surface area contributed by atoms with Crippen LogP contribution in [0.4, 0.5) is 11.4 Å². The highest BCUT2D eigenvalue weighted by Crippen LogP contribution is 2.30. The molecule has 0 fully saturated rings. The van der Waals surface area contributed by atoms with Gasteiger partial charge in [0.05, 0.1) is 7.11 Å². The summed E-state index contributed by atoms with van der Waals surface area (Å²) in [5.41, 5.74) is 3.47. The van der Waals surface area contributed by atoms with E-state index in [1.54, 1.807) is 31.4 Å². The Bertz CT molecular complexity index is 1000. The zero-order valence-corrected chi connectivity index (χ0v) is 15.1. The average molecular weight is 352 g/mol. The van der Waals surface area contributed by atoms with Gasteiger partial charge in [0.1, 0.15) is 11.3 Å². The number of fused-ring (bicyclic) bond motifs is 1. The summed E-state index contributed by atoms with van der Waals surface area (Å²) in [6, 6.07) is 10.7. The number of benzene rings is 2. The van der Waals surface area contributed by atoms with Gasteiger partial charge in [0.25, 0.3) is 5.91 Å². The van der Waals surface area contributed by atoms with Crippen LogP contribution in [0.1, 0.15) is 28.6 Å². The molecule has 1 heterocycles. The quantitative estimate of drug-likeness (QED) is 0.735. The Morgan fingerprint density at radius 3 is 2.50 bits per heavy atom. The molecule has 0 bridgehead atoms. The summed E-state index contributed by atoms with van der Waals surface area (Å²) in [5, 5.41) is 6.39. The van der Waals surface area contributed by atoms with Crippen molar-refractivity contribution in [2.24, 2.45) is 0 Å². The van der Waals surface area contributed by atoms with Crippen LogP contribution in [-0.2, 0) is 4.79 Å². The van der Waals surface area contributed by atoms with E-state index in [1.807, 2.05) is 26.0 Å². The fourth-order valence-corrected chi connectivity index (χ4v) is 2.76. The monoisotopic (exact) mass is 352 g/mol. The average Bonchev–Trinajstić information content (AvgIpc) is 2.93. The Labute approximate surface area is 151 Å². The summed E-state index contributed by atoms with van der Waals surface area (Å²) in [5.74, 6) is 0.429. The Balaban J connectivity index is 1.92. The molecule has 0 atom stereocenters. The van der Waals surface area contributed by atoms with Crippen LogP contribution in [0.5, 0.6) is 5.75 Å². The number of amides is 2. The van der Waals surface area contributed by atoms with E-state index in [4.69, 9.17) is 9.15 Å². The van der Waals surface area contributed by atoms with E-state index in [1.165, 1.54) is 6.92 Å². The van der Waals surface area contributed by atoms with E-state index in [0.717, 1.165) is 16.5 Å². The number of aryl methyl sites for hydroxylation is 2. The topological polar surface area (TPSA) is 80.6 Å². The van der Waals surface area contributed by atoms with Crippen molar-refractivity contribution in [2.75, 3.05) is 17.7 Å². The molecule has 134 valence electrons. The Morgan fingerprint density at radius 1 is 1.04 bits per heavy atom. The Morgan fingerprint density at radius 2 is 1.81 bits per heavy atom. The SMILES string of the molecule is COc1ccc2oc(C(=O)Nc3cc(NC(C)=O)ccc3C)c(C)c2c1. The number of hydrogen-bond acceptors (Lipinski definition) is 4. The summed E-state index contributed by atoms with van der Waals surface area (Å²) in [7, 11) is 1.59.